The molecule has 1 aromatic heterocycles. The van der Waals surface area contributed by atoms with E-state index in [0.29, 0.717) is 22.8 Å². The van der Waals surface area contributed by atoms with Gasteiger partial charge >= 0.3 is 0 Å². The van der Waals surface area contributed by atoms with E-state index in [2.05, 4.69) is 11.1 Å². The number of rotatable bonds is 4. The second-order valence-electron chi connectivity index (χ2n) is 5.20. The Bertz CT molecular complexity index is 705. The smallest absolute Gasteiger partial charge is 0.254 e. The molecule has 0 aliphatic carbocycles. The standard InChI is InChI=1S/C17H16ClN3O/c1-12(2)21(11-14-5-3-13(10-19)4-6-14)17(22)15-7-8-20-16(18)9-15/h3-9,12H,11H2,1-2H3. The molecular formula is C17H16ClN3O. The molecule has 4 nitrogen and oxygen atoms in total. The van der Waals surface area contributed by atoms with Gasteiger partial charge < -0.3 is 4.90 Å². The molecule has 0 radical (unpaired) electrons. The summed E-state index contributed by atoms with van der Waals surface area (Å²) in [7, 11) is 0. The van der Waals surface area contributed by atoms with Crippen molar-refractivity contribution in [2.75, 3.05) is 0 Å². The maximum absolute atomic E-state index is 12.7. The largest absolute Gasteiger partial charge is 0.332 e. The molecule has 1 amide bonds. The Labute approximate surface area is 135 Å². The summed E-state index contributed by atoms with van der Waals surface area (Å²) in [5.41, 5.74) is 2.09. The second kappa shape index (κ2) is 7.06. The molecule has 5 heteroatoms. The number of benzene rings is 1. The summed E-state index contributed by atoms with van der Waals surface area (Å²) in [6.07, 6.45) is 1.52. The first-order chi connectivity index (χ1) is 10.5. The molecule has 0 N–H and O–H groups in total. The maximum atomic E-state index is 12.7. The average Bonchev–Trinajstić information content (AvgIpc) is 2.52. The Morgan fingerprint density at radius 3 is 2.55 bits per heavy atom. The number of halogens is 1. The second-order valence-corrected chi connectivity index (χ2v) is 5.59. The summed E-state index contributed by atoms with van der Waals surface area (Å²) in [6, 6.07) is 12.6. The van der Waals surface area contributed by atoms with Crippen molar-refractivity contribution in [1.82, 2.24) is 9.88 Å². The highest BCUT2D eigenvalue weighted by Crippen LogP contribution is 2.15. The molecule has 0 atom stereocenters. The van der Waals surface area contributed by atoms with Crippen molar-refractivity contribution in [3.05, 3.63) is 64.4 Å². The lowest BCUT2D eigenvalue weighted by molar-refractivity contribution is 0.0690. The summed E-state index contributed by atoms with van der Waals surface area (Å²) < 4.78 is 0. The molecule has 0 unspecified atom stereocenters. The zero-order chi connectivity index (χ0) is 16.1. The van der Waals surface area contributed by atoms with E-state index in [1.807, 2.05) is 26.0 Å². The van der Waals surface area contributed by atoms with Gasteiger partial charge in [0.15, 0.2) is 0 Å². The molecule has 1 aromatic carbocycles. The van der Waals surface area contributed by atoms with Crippen LogP contribution in [0.25, 0.3) is 0 Å². The first kappa shape index (κ1) is 16.0. The summed E-state index contributed by atoms with van der Waals surface area (Å²) in [5.74, 6) is -0.0938. The summed E-state index contributed by atoms with van der Waals surface area (Å²) in [6.45, 7) is 4.40. The van der Waals surface area contributed by atoms with Gasteiger partial charge in [0.2, 0.25) is 0 Å². The van der Waals surface area contributed by atoms with Crippen LogP contribution in [0.2, 0.25) is 5.15 Å². The molecular weight excluding hydrogens is 298 g/mol. The fourth-order valence-electron chi connectivity index (χ4n) is 2.07. The highest BCUT2D eigenvalue weighted by atomic mass is 35.5. The van der Waals surface area contributed by atoms with E-state index < -0.39 is 0 Å². The topological polar surface area (TPSA) is 57.0 Å². The monoisotopic (exact) mass is 313 g/mol. The minimum atomic E-state index is -0.0938. The van der Waals surface area contributed by atoms with Crippen LogP contribution in [0.5, 0.6) is 0 Å². The van der Waals surface area contributed by atoms with Crippen LogP contribution in [0.4, 0.5) is 0 Å². The van der Waals surface area contributed by atoms with Gasteiger partial charge in [-0.1, -0.05) is 23.7 Å². The molecule has 0 spiro atoms. The van der Waals surface area contributed by atoms with E-state index in [1.165, 1.54) is 6.20 Å². The molecule has 0 saturated heterocycles. The van der Waals surface area contributed by atoms with Gasteiger partial charge in [0.05, 0.1) is 11.6 Å². The van der Waals surface area contributed by atoms with Gasteiger partial charge in [-0.2, -0.15) is 5.26 Å². The Morgan fingerprint density at radius 2 is 2.00 bits per heavy atom. The van der Waals surface area contributed by atoms with Crippen molar-refractivity contribution in [2.45, 2.75) is 26.4 Å². The minimum Gasteiger partial charge on any atom is -0.332 e. The number of aromatic nitrogens is 1. The number of carbonyl (C=O) groups excluding carboxylic acids is 1. The summed E-state index contributed by atoms with van der Waals surface area (Å²) in [4.78, 5) is 18.3. The van der Waals surface area contributed by atoms with E-state index in [-0.39, 0.29) is 11.9 Å². The minimum absolute atomic E-state index is 0.0371. The molecule has 112 valence electrons. The van der Waals surface area contributed by atoms with Crippen LogP contribution in [0.3, 0.4) is 0 Å². The van der Waals surface area contributed by atoms with E-state index in [4.69, 9.17) is 16.9 Å². The number of nitriles is 1. The molecule has 0 aliphatic heterocycles. The Hall–Kier alpha value is -2.38. The van der Waals surface area contributed by atoms with Crippen LogP contribution in [0, 0.1) is 11.3 Å². The summed E-state index contributed by atoms with van der Waals surface area (Å²) in [5, 5.41) is 9.13. The zero-order valence-corrected chi connectivity index (χ0v) is 13.2. The fourth-order valence-corrected chi connectivity index (χ4v) is 2.25. The van der Waals surface area contributed by atoms with Crippen molar-refractivity contribution in [1.29, 1.82) is 5.26 Å². The predicted octanol–water partition coefficient (Wildman–Crippen LogP) is 3.66. The van der Waals surface area contributed by atoms with Gasteiger partial charge in [0.1, 0.15) is 5.15 Å². The van der Waals surface area contributed by atoms with Gasteiger partial charge in [0, 0.05) is 24.3 Å². The number of pyridine rings is 1. The number of hydrogen-bond acceptors (Lipinski definition) is 3. The highest BCUT2D eigenvalue weighted by molar-refractivity contribution is 6.29. The highest BCUT2D eigenvalue weighted by Gasteiger charge is 2.19. The molecule has 0 bridgehead atoms. The third kappa shape index (κ3) is 3.84. The molecule has 2 rings (SSSR count). The molecule has 0 fully saturated rings. The molecule has 0 aliphatic rings. The van der Waals surface area contributed by atoms with E-state index >= 15 is 0 Å². The zero-order valence-electron chi connectivity index (χ0n) is 12.5. The van der Waals surface area contributed by atoms with Gasteiger partial charge in [-0.05, 0) is 43.7 Å². The van der Waals surface area contributed by atoms with Crippen molar-refractivity contribution < 1.29 is 4.79 Å². The van der Waals surface area contributed by atoms with Crippen LogP contribution in [0.1, 0.15) is 35.3 Å². The fraction of sp³-hybridized carbons (Fsp3) is 0.235. The normalized spacial score (nSPS) is 10.3. The van der Waals surface area contributed by atoms with Crippen LogP contribution in [-0.2, 0) is 6.54 Å². The molecule has 22 heavy (non-hydrogen) atoms. The van der Waals surface area contributed by atoms with Crippen molar-refractivity contribution >= 4 is 17.5 Å². The Balaban J connectivity index is 2.22. The Kier molecular flexibility index (Phi) is 5.13. The third-order valence-corrected chi connectivity index (χ3v) is 3.50. The van der Waals surface area contributed by atoms with E-state index in [9.17, 15) is 4.79 Å². The van der Waals surface area contributed by atoms with Gasteiger partial charge in [-0.3, -0.25) is 4.79 Å². The van der Waals surface area contributed by atoms with Crippen LogP contribution >= 0.6 is 11.6 Å². The number of hydrogen-bond donors (Lipinski definition) is 0. The lowest BCUT2D eigenvalue weighted by Crippen LogP contribution is -2.36. The van der Waals surface area contributed by atoms with Crippen molar-refractivity contribution in [3.63, 3.8) is 0 Å². The average molecular weight is 314 g/mol. The first-order valence-corrected chi connectivity index (χ1v) is 7.30. The quantitative estimate of drug-likeness (QED) is 0.809. The Morgan fingerprint density at radius 1 is 1.32 bits per heavy atom. The molecule has 0 saturated carbocycles. The number of amides is 1. The van der Waals surface area contributed by atoms with Crippen LogP contribution < -0.4 is 0 Å². The van der Waals surface area contributed by atoms with Gasteiger partial charge in [-0.15, -0.1) is 0 Å². The lowest BCUT2D eigenvalue weighted by Gasteiger charge is -2.27. The first-order valence-electron chi connectivity index (χ1n) is 6.93. The van der Waals surface area contributed by atoms with Gasteiger partial charge in [-0.25, -0.2) is 4.98 Å². The molecule has 2 aromatic rings. The predicted molar refractivity (Wildman–Crippen MR) is 85.4 cm³/mol. The molecule has 1 heterocycles. The van der Waals surface area contributed by atoms with Crippen molar-refractivity contribution in [2.24, 2.45) is 0 Å². The number of carbonyl (C=O) groups is 1. The van der Waals surface area contributed by atoms with Crippen LogP contribution in [0.15, 0.2) is 42.6 Å². The van der Waals surface area contributed by atoms with Gasteiger partial charge in [0.25, 0.3) is 5.91 Å². The lowest BCUT2D eigenvalue weighted by atomic mass is 10.1. The van der Waals surface area contributed by atoms with E-state index in [1.54, 1.807) is 29.2 Å². The SMILES string of the molecule is CC(C)N(Cc1ccc(C#N)cc1)C(=O)c1ccnc(Cl)c1. The summed E-state index contributed by atoms with van der Waals surface area (Å²) >= 11 is 5.85. The van der Waals surface area contributed by atoms with Crippen molar-refractivity contribution in [3.8, 4) is 6.07 Å². The maximum Gasteiger partial charge on any atom is 0.254 e. The third-order valence-electron chi connectivity index (χ3n) is 3.29. The van der Waals surface area contributed by atoms with E-state index in [0.717, 1.165) is 5.56 Å². The van der Waals surface area contributed by atoms with Crippen LogP contribution in [-0.4, -0.2) is 21.8 Å². The number of nitrogens with zero attached hydrogens (tertiary/aromatic N) is 3.